The monoisotopic (exact) mass is 702 g/mol. The fraction of sp³-hybridized carbons (Fsp3) is 0.263. The lowest BCUT2D eigenvalue weighted by Crippen LogP contribution is -2.30. The number of aromatic amines is 2. The van der Waals surface area contributed by atoms with Crippen molar-refractivity contribution in [3.63, 3.8) is 0 Å². The molecule has 0 aliphatic rings. The summed E-state index contributed by atoms with van der Waals surface area (Å²) in [7, 11) is 1.64. The minimum absolute atomic E-state index is 0.0108. The number of ketones is 1. The summed E-state index contributed by atoms with van der Waals surface area (Å²) in [6.45, 7) is 1.99. The highest BCUT2D eigenvalue weighted by Gasteiger charge is 2.38. The van der Waals surface area contributed by atoms with E-state index in [2.05, 4.69) is 45.6 Å². The van der Waals surface area contributed by atoms with Crippen molar-refractivity contribution < 1.29 is 41.8 Å². The molecule has 6 rings (SSSR count). The summed E-state index contributed by atoms with van der Waals surface area (Å²) in [4.78, 5) is 46.3. The van der Waals surface area contributed by atoms with Crippen LogP contribution < -0.4 is 10.1 Å². The van der Waals surface area contributed by atoms with Crippen molar-refractivity contribution in [1.82, 2.24) is 20.3 Å². The first kappa shape index (κ1) is 36.4. The molecule has 1 amide bonds. The van der Waals surface area contributed by atoms with Gasteiger partial charge in [-0.2, -0.15) is 13.2 Å². The second kappa shape index (κ2) is 16.2. The first-order valence-electron chi connectivity index (χ1n) is 16.3. The van der Waals surface area contributed by atoms with Crippen LogP contribution in [0.3, 0.4) is 0 Å². The number of alkyl halides is 3. The molecule has 51 heavy (non-hydrogen) atoms. The fourth-order valence-corrected chi connectivity index (χ4v) is 5.79. The summed E-state index contributed by atoms with van der Waals surface area (Å²) in [5.74, 6) is -0.969. The van der Waals surface area contributed by atoms with Crippen LogP contribution in [0.2, 0.25) is 0 Å². The van der Waals surface area contributed by atoms with Crippen molar-refractivity contribution in [2.45, 2.75) is 57.7 Å². The summed E-state index contributed by atoms with van der Waals surface area (Å²) < 4.78 is 42.4. The van der Waals surface area contributed by atoms with Gasteiger partial charge in [0, 0.05) is 28.6 Å². The third-order valence-electron chi connectivity index (χ3n) is 8.42. The molecule has 13 heteroatoms. The molecule has 3 aromatic carbocycles. The van der Waals surface area contributed by atoms with Crippen LogP contribution in [-0.2, 0) is 16.0 Å². The lowest BCUT2D eigenvalue weighted by Gasteiger charge is -2.17. The van der Waals surface area contributed by atoms with Crippen LogP contribution in [0.1, 0.15) is 65.8 Å². The Morgan fingerprint density at radius 3 is 2.43 bits per heavy atom. The summed E-state index contributed by atoms with van der Waals surface area (Å²) in [6.07, 6.45) is 2.03. The molecule has 0 fully saturated rings. The zero-order chi connectivity index (χ0) is 36.5. The average Bonchev–Trinajstić information content (AvgIpc) is 3.89. The summed E-state index contributed by atoms with van der Waals surface area (Å²) in [5, 5.41) is 13.7. The van der Waals surface area contributed by atoms with Gasteiger partial charge in [-0.1, -0.05) is 49.2 Å². The maximum atomic E-state index is 13.5. The van der Waals surface area contributed by atoms with Crippen molar-refractivity contribution in [2.75, 3.05) is 7.11 Å². The fourth-order valence-electron chi connectivity index (χ4n) is 5.79. The molecule has 4 N–H and O–H groups in total. The summed E-state index contributed by atoms with van der Waals surface area (Å²) in [5.41, 5.74) is 4.81. The molecule has 3 aromatic heterocycles. The number of Topliss-reactive ketones (excluding diaryl/α,β-unsaturated/α-hetero) is 1. The zero-order valence-electron chi connectivity index (χ0n) is 28.0. The molecule has 0 radical (unpaired) electrons. The van der Waals surface area contributed by atoms with Gasteiger partial charge in [-0.15, -0.1) is 0 Å². The van der Waals surface area contributed by atoms with E-state index in [1.807, 2.05) is 43.5 Å². The molecular weight excluding hydrogens is 665 g/mol. The molecule has 1 atom stereocenters. The third kappa shape index (κ3) is 9.44. The van der Waals surface area contributed by atoms with E-state index in [1.165, 1.54) is 11.6 Å². The van der Waals surface area contributed by atoms with E-state index in [1.54, 1.807) is 19.2 Å². The Hall–Kier alpha value is -5.85. The number of carbonyl (C=O) groups is 3. The molecule has 0 aliphatic heterocycles. The first-order valence-corrected chi connectivity index (χ1v) is 16.3. The van der Waals surface area contributed by atoms with Gasteiger partial charge in [-0.05, 0) is 72.5 Å². The number of imidazole rings is 1. The molecule has 6 aromatic rings. The predicted octanol–water partition coefficient (Wildman–Crippen LogP) is 8.49. The van der Waals surface area contributed by atoms with Crippen molar-refractivity contribution >= 4 is 39.3 Å². The number of amides is 1. The Balaban J connectivity index is 0.000000654. The maximum absolute atomic E-state index is 13.5. The highest BCUT2D eigenvalue weighted by atomic mass is 19.4. The topological polar surface area (TPSA) is 150 Å². The number of ether oxygens (including phenoxy) is 1. The number of nitrogens with zero attached hydrogens (tertiary/aromatic N) is 1. The zero-order valence-corrected chi connectivity index (χ0v) is 28.0. The molecule has 3 heterocycles. The van der Waals surface area contributed by atoms with E-state index in [-0.39, 0.29) is 24.2 Å². The minimum atomic E-state index is -5.08. The van der Waals surface area contributed by atoms with E-state index in [0.717, 1.165) is 63.8 Å². The van der Waals surface area contributed by atoms with Gasteiger partial charge in [0.25, 0.3) is 0 Å². The highest BCUT2D eigenvalue weighted by molar-refractivity contribution is 5.93. The molecule has 266 valence electrons. The normalized spacial score (nSPS) is 11.9. The van der Waals surface area contributed by atoms with Crippen LogP contribution in [0.25, 0.3) is 32.9 Å². The number of aliphatic carboxylic acids is 1. The lowest BCUT2D eigenvalue weighted by molar-refractivity contribution is -0.192. The number of carboxylic acid groups (broad SMARTS) is 1. The number of carbonyl (C=O) groups excluding carboxylic acids is 2. The van der Waals surface area contributed by atoms with Crippen LogP contribution in [0.15, 0.2) is 89.7 Å². The summed E-state index contributed by atoms with van der Waals surface area (Å²) >= 11 is 0. The van der Waals surface area contributed by atoms with Crippen LogP contribution in [0.4, 0.5) is 13.2 Å². The molecule has 0 saturated heterocycles. The number of aryl methyl sites for hydroxylation is 1. The standard InChI is InChI=1S/C36H36N4O4.C2HF3O2/c1-23-28(29-20-27(43-2)16-17-30(29)38-23)21-35(42)39-31(11-4-3-5-12-33(41)34-13-8-18-44-34)36-37-22-32(40-36)26-15-14-24-9-6-7-10-25(24)19-26;3-2(4,5)1(6)7/h6-10,13-20,22,31,38H,3-5,11-12,21H2,1-2H3,(H,37,40)(H,39,42);(H,6,7)/t31-;/m0./s1. The minimum Gasteiger partial charge on any atom is -0.497 e. The number of unbranched alkanes of at least 4 members (excludes halogenated alkanes) is 2. The van der Waals surface area contributed by atoms with Crippen LogP contribution >= 0.6 is 0 Å². The molecule has 10 nitrogen and oxygen atoms in total. The van der Waals surface area contributed by atoms with Gasteiger partial charge in [0.1, 0.15) is 11.6 Å². The van der Waals surface area contributed by atoms with Crippen LogP contribution in [0.5, 0.6) is 5.75 Å². The van der Waals surface area contributed by atoms with Crippen molar-refractivity contribution in [3.05, 3.63) is 108 Å². The number of methoxy groups -OCH3 is 1. The van der Waals surface area contributed by atoms with E-state index in [9.17, 15) is 22.8 Å². The lowest BCUT2D eigenvalue weighted by atomic mass is 10.0. The number of nitrogens with one attached hydrogen (secondary N) is 3. The van der Waals surface area contributed by atoms with E-state index in [0.29, 0.717) is 24.4 Å². The van der Waals surface area contributed by atoms with Gasteiger partial charge in [-0.25, -0.2) is 9.78 Å². The van der Waals surface area contributed by atoms with Crippen molar-refractivity contribution in [2.24, 2.45) is 0 Å². The predicted molar refractivity (Wildman–Crippen MR) is 186 cm³/mol. The average molecular weight is 703 g/mol. The molecule has 0 saturated carbocycles. The van der Waals surface area contributed by atoms with E-state index >= 15 is 0 Å². The van der Waals surface area contributed by atoms with E-state index < -0.39 is 12.1 Å². The second-order valence-corrected chi connectivity index (χ2v) is 12.0. The number of furan rings is 1. The molecule has 0 bridgehead atoms. The number of fused-ring (bicyclic) bond motifs is 2. The molecular formula is C38H37F3N4O6. The van der Waals surface area contributed by atoms with Crippen LogP contribution in [-0.4, -0.2) is 51.0 Å². The van der Waals surface area contributed by atoms with Crippen molar-refractivity contribution in [3.8, 4) is 17.0 Å². The van der Waals surface area contributed by atoms with Gasteiger partial charge in [0.05, 0.1) is 37.7 Å². The molecule has 0 unspecified atom stereocenters. The number of H-pyrrole nitrogens is 2. The first-order chi connectivity index (χ1) is 24.4. The van der Waals surface area contributed by atoms with Gasteiger partial charge in [0.2, 0.25) is 5.91 Å². The maximum Gasteiger partial charge on any atom is 0.490 e. The Bertz CT molecular complexity index is 2120. The molecule has 0 spiro atoms. The number of carboxylic acids is 1. The Morgan fingerprint density at radius 2 is 1.73 bits per heavy atom. The van der Waals surface area contributed by atoms with Gasteiger partial charge >= 0.3 is 12.1 Å². The highest BCUT2D eigenvalue weighted by Crippen LogP contribution is 2.29. The number of rotatable bonds is 13. The Kier molecular flexibility index (Phi) is 11.6. The quantitative estimate of drug-likeness (QED) is 0.0696. The van der Waals surface area contributed by atoms with E-state index in [4.69, 9.17) is 24.0 Å². The number of benzene rings is 3. The molecule has 0 aliphatic carbocycles. The largest absolute Gasteiger partial charge is 0.497 e. The number of aromatic nitrogens is 3. The van der Waals surface area contributed by atoms with Gasteiger partial charge in [-0.3, -0.25) is 9.59 Å². The summed E-state index contributed by atoms with van der Waals surface area (Å²) in [6, 6.07) is 23.5. The second-order valence-electron chi connectivity index (χ2n) is 12.0. The SMILES string of the molecule is COc1ccc2[nH]c(C)c(CC(=O)N[C@@H](CCCCCC(=O)c3ccco3)c3ncc(-c4ccc5ccccc5c4)[nH]3)c2c1.O=C(O)C(F)(F)F. The van der Waals surface area contributed by atoms with Gasteiger partial charge in [0.15, 0.2) is 11.5 Å². The third-order valence-corrected chi connectivity index (χ3v) is 8.42. The Labute approximate surface area is 291 Å². The Morgan fingerprint density at radius 1 is 0.961 bits per heavy atom. The number of hydrogen-bond acceptors (Lipinski definition) is 6. The number of halogens is 3. The van der Waals surface area contributed by atoms with Crippen molar-refractivity contribution in [1.29, 1.82) is 0 Å². The van der Waals surface area contributed by atoms with Crippen LogP contribution in [0, 0.1) is 6.92 Å². The van der Waals surface area contributed by atoms with Gasteiger partial charge < -0.3 is 29.5 Å². The number of hydrogen-bond donors (Lipinski definition) is 4. The smallest absolute Gasteiger partial charge is 0.490 e.